The number of carbonyl (C=O) groups is 2. The molecule has 27 heavy (non-hydrogen) atoms. The standard InChI is InChI=1S/C21H23FN2O3/c1-2-3-11-27-19-9-7-15(8-10-19)21(26)23-17-13-20(25)24(14-17)18-6-4-5-16(22)12-18/h4-10,12,17H,2-3,11,13-14H2,1H3,(H,23,26)/t17-/m1/s1. The number of halogens is 1. The lowest BCUT2D eigenvalue weighted by atomic mass is 10.2. The summed E-state index contributed by atoms with van der Waals surface area (Å²) in [6, 6.07) is 12.5. The van der Waals surface area contributed by atoms with Crippen LogP contribution in [0, 0.1) is 5.82 Å². The van der Waals surface area contributed by atoms with Gasteiger partial charge in [0.2, 0.25) is 5.91 Å². The molecule has 2 aromatic rings. The molecule has 1 heterocycles. The maximum Gasteiger partial charge on any atom is 0.251 e. The molecule has 2 amide bonds. The van der Waals surface area contributed by atoms with Crippen LogP contribution in [0.25, 0.3) is 0 Å². The lowest BCUT2D eigenvalue weighted by Crippen LogP contribution is -2.37. The van der Waals surface area contributed by atoms with Crippen LogP contribution < -0.4 is 15.0 Å². The van der Waals surface area contributed by atoms with Crippen molar-refractivity contribution in [2.24, 2.45) is 0 Å². The second-order valence-corrected chi connectivity index (χ2v) is 6.59. The third-order valence-corrected chi connectivity index (χ3v) is 4.46. The van der Waals surface area contributed by atoms with E-state index < -0.39 is 5.82 Å². The molecule has 0 radical (unpaired) electrons. The summed E-state index contributed by atoms with van der Waals surface area (Å²) in [5.74, 6) is -0.0399. The first kappa shape index (κ1) is 18.9. The van der Waals surface area contributed by atoms with Gasteiger partial charge in [-0.1, -0.05) is 19.4 Å². The molecule has 0 aromatic heterocycles. The highest BCUT2D eigenvalue weighted by molar-refractivity contribution is 5.99. The van der Waals surface area contributed by atoms with Gasteiger partial charge in [0.15, 0.2) is 0 Å². The minimum atomic E-state index is -0.394. The number of anilines is 1. The van der Waals surface area contributed by atoms with Gasteiger partial charge < -0.3 is 15.0 Å². The average molecular weight is 370 g/mol. The molecule has 1 atom stereocenters. The Bertz CT molecular complexity index is 807. The average Bonchev–Trinajstić information content (AvgIpc) is 3.02. The van der Waals surface area contributed by atoms with Crippen molar-refractivity contribution < 1.29 is 18.7 Å². The second-order valence-electron chi connectivity index (χ2n) is 6.59. The summed E-state index contributed by atoms with van der Waals surface area (Å²) in [4.78, 5) is 26.2. The number of hydrogen-bond donors (Lipinski definition) is 1. The fourth-order valence-corrected chi connectivity index (χ4v) is 3.00. The minimum absolute atomic E-state index is 0.134. The Labute approximate surface area is 158 Å². The maximum absolute atomic E-state index is 13.4. The molecule has 1 aliphatic heterocycles. The Balaban J connectivity index is 1.57. The largest absolute Gasteiger partial charge is 0.494 e. The summed E-state index contributed by atoms with van der Waals surface area (Å²) in [6.07, 6.45) is 2.24. The topological polar surface area (TPSA) is 58.6 Å². The van der Waals surface area contributed by atoms with E-state index in [0.29, 0.717) is 24.4 Å². The molecule has 2 aromatic carbocycles. The summed E-state index contributed by atoms with van der Waals surface area (Å²) >= 11 is 0. The fourth-order valence-electron chi connectivity index (χ4n) is 3.00. The van der Waals surface area contributed by atoms with Crippen molar-refractivity contribution in [1.82, 2.24) is 5.32 Å². The predicted molar refractivity (Wildman–Crippen MR) is 101 cm³/mol. The van der Waals surface area contributed by atoms with Gasteiger partial charge in [0.25, 0.3) is 5.91 Å². The highest BCUT2D eigenvalue weighted by Gasteiger charge is 2.31. The minimum Gasteiger partial charge on any atom is -0.494 e. The second kappa shape index (κ2) is 8.66. The van der Waals surface area contributed by atoms with E-state index in [1.165, 1.54) is 17.0 Å². The van der Waals surface area contributed by atoms with Crippen LogP contribution in [0.4, 0.5) is 10.1 Å². The van der Waals surface area contributed by atoms with Gasteiger partial charge in [-0.05, 0) is 48.9 Å². The Hall–Kier alpha value is -2.89. The summed E-state index contributed by atoms with van der Waals surface area (Å²) < 4.78 is 19.0. The highest BCUT2D eigenvalue weighted by Crippen LogP contribution is 2.22. The lowest BCUT2D eigenvalue weighted by molar-refractivity contribution is -0.117. The van der Waals surface area contributed by atoms with Gasteiger partial charge in [-0.15, -0.1) is 0 Å². The molecule has 0 bridgehead atoms. The molecule has 3 rings (SSSR count). The zero-order valence-electron chi connectivity index (χ0n) is 15.3. The zero-order valence-corrected chi connectivity index (χ0v) is 15.3. The molecular formula is C21H23FN2O3. The van der Waals surface area contributed by atoms with E-state index in [0.717, 1.165) is 18.6 Å². The Morgan fingerprint density at radius 3 is 2.74 bits per heavy atom. The van der Waals surface area contributed by atoms with E-state index in [2.05, 4.69) is 12.2 Å². The van der Waals surface area contributed by atoms with Gasteiger partial charge in [-0.25, -0.2) is 4.39 Å². The normalized spacial score (nSPS) is 16.4. The lowest BCUT2D eigenvalue weighted by Gasteiger charge is -2.17. The van der Waals surface area contributed by atoms with Crippen molar-refractivity contribution in [2.45, 2.75) is 32.2 Å². The number of benzene rings is 2. The molecule has 1 fully saturated rings. The van der Waals surface area contributed by atoms with Crippen molar-refractivity contribution in [2.75, 3.05) is 18.1 Å². The SMILES string of the molecule is CCCCOc1ccc(C(=O)N[C@@H]2CC(=O)N(c3cccc(F)c3)C2)cc1. The van der Waals surface area contributed by atoms with Crippen LogP contribution in [-0.2, 0) is 4.79 Å². The number of ether oxygens (including phenoxy) is 1. The van der Waals surface area contributed by atoms with Crippen LogP contribution in [0.3, 0.4) is 0 Å². The van der Waals surface area contributed by atoms with E-state index in [1.807, 2.05) is 0 Å². The molecule has 0 aliphatic carbocycles. The number of nitrogens with one attached hydrogen (secondary N) is 1. The van der Waals surface area contributed by atoms with E-state index in [4.69, 9.17) is 4.74 Å². The molecule has 1 N–H and O–H groups in total. The van der Waals surface area contributed by atoms with E-state index in [9.17, 15) is 14.0 Å². The van der Waals surface area contributed by atoms with Crippen molar-refractivity contribution in [3.63, 3.8) is 0 Å². The van der Waals surface area contributed by atoms with Crippen molar-refractivity contribution in [1.29, 1.82) is 0 Å². The van der Waals surface area contributed by atoms with Crippen molar-refractivity contribution >= 4 is 17.5 Å². The molecule has 142 valence electrons. The quantitative estimate of drug-likeness (QED) is 0.759. The smallest absolute Gasteiger partial charge is 0.251 e. The summed E-state index contributed by atoms with van der Waals surface area (Å²) in [7, 11) is 0. The number of rotatable bonds is 7. The number of nitrogens with zero attached hydrogens (tertiary/aromatic N) is 1. The van der Waals surface area contributed by atoms with Gasteiger partial charge in [-0.3, -0.25) is 9.59 Å². The first-order chi connectivity index (χ1) is 13.1. The number of hydrogen-bond acceptors (Lipinski definition) is 3. The van der Waals surface area contributed by atoms with E-state index in [1.54, 1.807) is 36.4 Å². The molecule has 6 heteroatoms. The summed E-state index contributed by atoms with van der Waals surface area (Å²) in [5, 5.41) is 2.88. The fraction of sp³-hybridized carbons (Fsp3) is 0.333. The van der Waals surface area contributed by atoms with Crippen LogP contribution in [0.15, 0.2) is 48.5 Å². The van der Waals surface area contributed by atoms with E-state index >= 15 is 0 Å². The Morgan fingerprint density at radius 1 is 1.26 bits per heavy atom. The van der Waals surface area contributed by atoms with Crippen LogP contribution in [0.2, 0.25) is 0 Å². The van der Waals surface area contributed by atoms with Gasteiger partial charge in [-0.2, -0.15) is 0 Å². The zero-order chi connectivity index (χ0) is 19.2. The third kappa shape index (κ3) is 4.84. The predicted octanol–water partition coefficient (Wildman–Crippen LogP) is 3.54. The molecule has 5 nitrogen and oxygen atoms in total. The number of unbranched alkanes of at least 4 members (excludes halogenated alkanes) is 1. The highest BCUT2D eigenvalue weighted by atomic mass is 19.1. The molecule has 0 unspecified atom stereocenters. The Morgan fingerprint density at radius 2 is 2.04 bits per heavy atom. The first-order valence-electron chi connectivity index (χ1n) is 9.16. The summed E-state index contributed by atoms with van der Waals surface area (Å²) in [6.45, 7) is 3.08. The van der Waals surface area contributed by atoms with Gasteiger partial charge >= 0.3 is 0 Å². The van der Waals surface area contributed by atoms with Gasteiger partial charge in [0.1, 0.15) is 11.6 Å². The monoisotopic (exact) mass is 370 g/mol. The van der Waals surface area contributed by atoms with E-state index in [-0.39, 0.29) is 24.3 Å². The first-order valence-corrected chi connectivity index (χ1v) is 9.16. The van der Waals surface area contributed by atoms with Crippen LogP contribution in [0.5, 0.6) is 5.75 Å². The maximum atomic E-state index is 13.4. The van der Waals surface area contributed by atoms with Crippen LogP contribution >= 0.6 is 0 Å². The van der Waals surface area contributed by atoms with Crippen LogP contribution in [-0.4, -0.2) is 31.0 Å². The molecular weight excluding hydrogens is 347 g/mol. The van der Waals surface area contributed by atoms with Crippen molar-refractivity contribution in [3.8, 4) is 5.75 Å². The van der Waals surface area contributed by atoms with Gasteiger partial charge in [0, 0.05) is 24.2 Å². The number of carbonyl (C=O) groups excluding carboxylic acids is 2. The van der Waals surface area contributed by atoms with Gasteiger partial charge in [0.05, 0.1) is 12.6 Å². The third-order valence-electron chi connectivity index (χ3n) is 4.46. The summed E-state index contributed by atoms with van der Waals surface area (Å²) in [5.41, 5.74) is 1.01. The molecule has 1 saturated heterocycles. The Kier molecular flexibility index (Phi) is 6.06. The van der Waals surface area contributed by atoms with Crippen molar-refractivity contribution in [3.05, 3.63) is 59.9 Å². The van der Waals surface area contributed by atoms with Crippen LogP contribution in [0.1, 0.15) is 36.5 Å². The molecule has 0 spiro atoms. The molecule has 1 aliphatic rings. The number of amides is 2. The molecule has 0 saturated carbocycles.